The van der Waals surface area contributed by atoms with Crippen molar-refractivity contribution < 1.29 is 19.0 Å². The predicted molar refractivity (Wildman–Crippen MR) is 84.2 cm³/mol. The summed E-state index contributed by atoms with van der Waals surface area (Å²) < 4.78 is 18.2. The number of carbonyl (C=O) groups is 1. The fraction of sp³-hybridized carbons (Fsp3) is 0.500. The Bertz CT molecular complexity index is 576. The molecule has 1 unspecified atom stereocenters. The highest BCUT2D eigenvalue weighted by molar-refractivity contribution is 5.93. The maximum atomic E-state index is 13.0. The van der Waals surface area contributed by atoms with Crippen LogP contribution in [0.25, 0.3) is 0 Å². The number of piperidine rings is 1. The van der Waals surface area contributed by atoms with Gasteiger partial charge in [0.15, 0.2) is 0 Å². The van der Waals surface area contributed by atoms with Crippen LogP contribution >= 0.6 is 0 Å². The number of carbonyl (C=O) groups excluding carboxylic acids is 1. The topological polar surface area (TPSA) is 49.8 Å². The molecule has 4 nitrogen and oxygen atoms in total. The Hall–Kier alpha value is -1.72. The van der Waals surface area contributed by atoms with Gasteiger partial charge in [0.2, 0.25) is 5.91 Å². The Morgan fingerprint density at radius 3 is 2.57 bits per heavy atom. The number of nitrogens with zero attached hydrogens (tertiary/aromatic N) is 1. The van der Waals surface area contributed by atoms with Crippen molar-refractivity contribution in [3.8, 4) is 0 Å². The van der Waals surface area contributed by atoms with E-state index in [0.29, 0.717) is 32.7 Å². The first-order valence-corrected chi connectivity index (χ1v) is 8.15. The minimum Gasteiger partial charge on any atom is -0.388 e. The van der Waals surface area contributed by atoms with Crippen LogP contribution in [0.5, 0.6) is 0 Å². The zero-order valence-electron chi connectivity index (χ0n) is 13.1. The van der Waals surface area contributed by atoms with E-state index in [2.05, 4.69) is 0 Å². The number of hydrogen-bond acceptors (Lipinski definition) is 3. The van der Waals surface area contributed by atoms with Gasteiger partial charge in [0, 0.05) is 25.1 Å². The lowest BCUT2D eigenvalue weighted by Crippen LogP contribution is -2.41. The number of ether oxygens (including phenoxy) is 1. The van der Waals surface area contributed by atoms with E-state index in [0.717, 1.165) is 24.0 Å². The molecule has 2 aliphatic rings. The second-order valence-electron chi connectivity index (χ2n) is 6.18. The van der Waals surface area contributed by atoms with Crippen LogP contribution in [0, 0.1) is 11.7 Å². The summed E-state index contributed by atoms with van der Waals surface area (Å²) in [6, 6.07) is 6.00. The zero-order chi connectivity index (χ0) is 16.2. The van der Waals surface area contributed by atoms with Crippen LogP contribution in [-0.4, -0.2) is 42.2 Å². The summed E-state index contributed by atoms with van der Waals surface area (Å²) in [7, 11) is 0. The molecule has 1 saturated heterocycles. The van der Waals surface area contributed by atoms with E-state index in [9.17, 15) is 14.3 Å². The SMILES string of the molecule is O=C(C1=CCOCC1)N1CCC(C(O)c2ccc(F)cc2)CC1. The predicted octanol–water partition coefficient (Wildman–Crippen LogP) is 2.44. The Kier molecular flexibility index (Phi) is 5.08. The number of benzene rings is 1. The summed E-state index contributed by atoms with van der Waals surface area (Å²) in [6.45, 7) is 2.43. The maximum absolute atomic E-state index is 13.0. The molecule has 1 aromatic rings. The van der Waals surface area contributed by atoms with Gasteiger partial charge in [-0.1, -0.05) is 18.2 Å². The van der Waals surface area contributed by atoms with Crippen molar-refractivity contribution in [3.63, 3.8) is 0 Å². The number of amides is 1. The van der Waals surface area contributed by atoms with Crippen LogP contribution < -0.4 is 0 Å². The fourth-order valence-corrected chi connectivity index (χ4v) is 3.27. The summed E-state index contributed by atoms with van der Waals surface area (Å²) in [5.74, 6) is -0.0951. The Morgan fingerprint density at radius 1 is 1.26 bits per heavy atom. The molecule has 1 fully saturated rings. The molecule has 124 valence electrons. The normalized spacial score (nSPS) is 21.0. The molecule has 1 amide bonds. The quantitative estimate of drug-likeness (QED) is 0.931. The first kappa shape index (κ1) is 16.1. The van der Waals surface area contributed by atoms with Gasteiger partial charge >= 0.3 is 0 Å². The number of rotatable bonds is 3. The minimum absolute atomic E-state index is 0.100. The summed E-state index contributed by atoms with van der Waals surface area (Å²) in [5, 5.41) is 10.5. The summed E-state index contributed by atoms with van der Waals surface area (Å²) in [4.78, 5) is 14.3. The van der Waals surface area contributed by atoms with Gasteiger partial charge in [-0.25, -0.2) is 4.39 Å². The lowest BCUT2D eigenvalue weighted by molar-refractivity contribution is -0.129. The van der Waals surface area contributed by atoms with Crippen LogP contribution in [0.2, 0.25) is 0 Å². The van der Waals surface area contributed by atoms with Gasteiger partial charge in [-0.05, 0) is 36.5 Å². The zero-order valence-corrected chi connectivity index (χ0v) is 13.1. The first-order valence-electron chi connectivity index (χ1n) is 8.15. The molecule has 0 bridgehead atoms. The van der Waals surface area contributed by atoms with E-state index in [-0.39, 0.29) is 17.6 Å². The number of aliphatic hydroxyl groups is 1. The first-order chi connectivity index (χ1) is 11.1. The number of aliphatic hydroxyl groups excluding tert-OH is 1. The molecule has 0 spiro atoms. The van der Waals surface area contributed by atoms with Crippen molar-refractivity contribution in [2.45, 2.75) is 25.4 Å². The third-order valence-electron chi connectivity index (χ3n) is 4.72. The molecule has 2 heterocycles. The van der Waals surface area contributed by atoms with Gasteiger partial charge in [0.25, 0.3) is 0 Å². The Labute approximate surface area is 135 Å². The van der Waals surface area contributed by atoms with Crippen molar-refractivity contribution in [1.29, 1.82) is 0 Å². The summed E-state index contributed by atoms with van der Waals surface area (Å²) in [5.41, 5.74) is 1.58. The molecule has 1 N–H and O–H groups in total. The molecular formula is C18H22FNO3. The molecule has 2 aliphatic heterocycles. The fourth-order valence-electron chi connectivity index (χ4n) is 3.27. The largest absolute Gasteiger partial charge is 0.388 e. The second-order valence-corrected chi connectivity index (χ2v) is 6.18. The van der Waals surface area contributed by atoms with E-state index in [1.807, 2.05) is 11.0 Å². The molecule has 5 heteroatoms. The van der Waals surface area contributed by atoms with E-state index in [1.54, 1.807) is 12.1 Å². The monoisotopic (exact) mass is 319 g/mol. The lowest BCUT2D eigenvalue weighted by atomic mass is 9.87. The number of hydrogen-bond donors (Lipinski definition) is 1. The maximum Gasteiger partial charge on any atom is 0.249 e. The lowest BCUT2D eigenvalue weighted by Gasteiger charge is -2.35. The van der Waals surface area contributed by atoms with E-state index >= 15 is 0 Å². The van der Waals surface area contributed by atoms with Gasteiger partial charge in [0.1, 0.15) is 5.82 Å². The molecule has 1 aromatic carbocycles. The van der Waals surface area contributed by atoms with Crippen molar-refractivity contribution in [3.05, 3.63) is 47.3 Å². The number of halogens is 1. The Morgan fingerprint density at radius 2 is 1.96 bits per heavy atom. The van der Waals surface area contributed by atoms with Gasteiger partial charge in [-0.15, -0.1) is 0 Å². The Balaban J connectivity index is 1.56. The van der Waals surface area contributed by atoms with Gasteiger partial charge in [-0.3, -0.25) is 4.79 Å². The third-order valence-corrected chi connectivity index (χ3v) is 4.72. The van der Waals surface area contributed by atoms with Gasteiger partial charge < -0.3 is 14.7 Å². The molecule has 23 heavy (non-hydrogen) atoms. The molecule has 0 radical (unpaired) electrons. The van der Waals surface area contributed by atoms with E-state index in [1.165, 1.54) is 12.1 Å². The third kappa shape index (κ3) is 3.79. The minimum atomic E-state index is -0.602. The van der Waals surface area contributed by atoms with Crippen molar-refractivity contribution in [2.75, 3.05) is 26.3 Å². The highest BCUT2D eigenvalue weighted by Crippen LogP contribution is 2.31. The summed E-state index contributed by atoms with van der Waals surface area (Å²) >= 11 is 0. The van der Waals surface area contributed by atoms with Crippen LogP contribution in [-0.2, 0) is 9.53 Å². The number of likely N-dealkylation sites (tertiary alicyclic amines) is 1. The van der Waals surface area contributed by atoms with Gasteiger partial charge in [-0.2, -0.15) is 0 Å². The molecule has 0 aliphatic carbocycles. The van der Waals surface area contributed by atoms with E-state index < -0.39 is 6.10 Å². The van der Waals surface area contributed by atoms with Crippen molar-refractivity contribution in [1.82, 2.24) is 4.90 Å². The van der Waals surface area contributed by atoms with Gasteiger partial charge in [0.05, 0.1) is 19.3 Å². The highest BCUT2D eigenvalue weighted by Gasteiger charge is 2.29. The van der Waals surface area contributed by atoms with Crippen LogP contribution in [0.3, 0.4) is 0 Å². The molecule has 1 atom stereocenters. The standard InChI is InChI=1S/C18H22FNO3/c19-16-3-1-13(2-4-16)17(21)14-5-9-20(10-6-14)18(22)15-7-11-23-12-8-15/h1-4,7,14,17,21H,5-6,8-12H2. The second kappa shape index (κ2) is 7.23. The van der Waals surface area contributed by atoms with Crippen LogP contribution in [0.4, 0.5) is 4.39 Å². The molecule has 3 rings (SSSR count). The molecular weight excluding hydrogens is 297 g/mol. The van der Waals surface area contributed by atoms with Crippen LogP contribution in [0.15, 0.2) is 35.9 Å². The van der Waals surface area contributed by atoms with E-state index in [4.69, 9.17) is 4.74 Å². The van der Waals surface area contributed by atoms with Crippen LogP contribution in [0.1, 0.15) is 30.9 Å². The molecule has 0 saturated carbocycles. The average Bonchev–Trinajstić information content (AvgIpc) is 2.62. The van der Waals surface area contributed by atoms with Crippen molar-refractivity contribution >= 4 is 5.91 Å². The smallest absolute Gasteiger partial charge is 0.249 e. The summed E-state index contributed by atoms with van der Waals surface area (Å²) in [6.07, 6.45) is 3.46. The van der Waals surface area contributed by atoms with Crippen molar-refractivity contribution in [2.24, 2.45) is 5.92 Å². The average molecular weight is 319 g/mol. The molecule has 0 aromatic heterocycles. The highest BCUT2D eigenvalue weighted by atomic mass is 19.1.